The Bertz CT molecular complexity index is 648. The summed E-state index contributed by atoms with van der Waals surface area (Å²) in [4.78, 5) is 16.2. The molecule has 1 aromatic rings. The molecule has 2 unspecified atom stereocenters. The second kappa shape index (κ2) is 6.93. The smallest absolute Gasteiger partial charge is 0.277 e. The van der Waals surface area contributed by atoms with Crippen molar-refractivity contribution < 1.29 is 19.2 Å². The van der Waals surface area contributed by atoms with Gasteiger partial charge in [0, 0.05) is 38.8 Å². The maximum Gasteiger partial charge on any atom is 0.277 e. The molecule has 0 radical (unpaired) electrons. The monoisotopic (exact) mass is 361 g/mol. The third-order valence-corrected chi connectivity index (χ3v) is 6.83. The number of carbonyl (C=O) groups excluding carboxylic acids is 1. The zero-order valence-corrected chi connectivity index (χ0v) is 15.6. The lowest BCUT2D eigenvalue weighted by molar-refractivity contribution is -0.937. The van der Waals surface area contributed by atoms with Crippen LogP contribution in [0, 0.1) is 11.7 Å². The summed E-state index contributed by atoms with van der Waals surface area (Å²) in [6, 6.07) is 6.90. The van der Waals surface area contributed by atoms with Crippen LogP contribution in [0.15, 0.2) is 24.3 Å². The van der Waals surface area contributed by atoms with Gasteiger partial charge < -0.3 is 14.9 Å². The summed E-state index contributed by atoms with van der Waals surface area (Å²) in [7, 11) is 0. The van der Waals surface area contributed by atoms with Crippen LogP contribution in [0.2, 0.25) is 0 Å². The minimum absolute atomic E-state index is 0.273. The summed E-state index contributed by atoms with van der Waals surface area (Å²) >= 11 is 0. The van der Waals surface area contributed by atoms with Crippen LogP contribution >= 0.6 is 0 Å². The van der Waals surface area contributed by atoms with E-state index >= 15 is 0 Å². The number of benzene rings is 1. The number of nitrogens with one attached hydrogen (secondary N) is 1. The van der Waals surface area contributed by atoms with E-state index in [4.69, 9.17) is 0 Å². The van der Waals surface area contributed by atoms with E-state index in [1.165, 1.54) is 23.5 Å². The SMILES string of the molecule is C[C@H]1CCCN(C(=O)C[NH+]2[C@@H]3CC[C@H]2CC(O)(c2ccc(F)cc2)C3)C1. The number of rotatable bonds is 3. The number of likely N-dealkylation sites (tertiary alicyclic amines) is 1. The van der Waals surface area contributed by atoms with Crippen molar-refractivity contribution in [1.29, 1.82) is 0 Å². The number of piperidine rings is 2. The average Bonchev–Trinajstić information content (AvgIpc) is 2.86. The van der Waals surface area contributed by atoms with Crippen molar-refractivity contribution in [2.24, 2.45) is 5.92 Å². The van der Waals surface area contributed by atoms with Gasteiger partial charge in [0.15, 0.2) is 6.54 Å². The minimum atomic E-state index is -0.883. The molecule has 5 atom stereocenters. The molecule has 4 rings (SSSR count). The Kier molecular flexibility index (Phi) is 4.78. The number of hydrogen-bond donors (Lipinski definition) is 2. The molecule has 3 fully saturated rings. The predicted molar refractivity (Wildman–Crippen MR) is 97.1 cm³/mol. The fourth-order valence-corrected chi connectivity index (χ4v) is 5.46. The Labute approximate surface area is 155 Å². The molecule has 4 nitrogen and oxygen atoms in total. The number of halogens is 1. The van der Waals surface area contributed by atoms with E-state index in [-0.39, 0.29) is 11.7 Å². The van der Waals surface area contributed by atoms with Crippen molar-refractivity contribution in [3.63, 3.8) is 0 Å². The van der Waals surface area contributed by atoms with Gasteiger partial charge in [-0.15, -0.1) is 0 Å². The quantitative estimate of drug-likeness (QED) is 0.857. The summed E-state index contributed by atoms with van der Waals surface area (Å²) in [6.07, 6.45) is 5.78. The highest BCUT2D eigenvalue weighted by Crippen LogP contribution is 2.38. The van der Waals surface area contributed by atoms with Gasteiger partial charge in [0.2, 0.25) is 0 Å². The van der Waals surface area contributed by atoms with Crippen LogP contribution in [0.5, 0.6) is 0 Å². The zero-order chi connectivity index (χ0) is 18.3. The van der Waals surface area contributed by atoms with Crippen LogP contribution < -0.4 is 4.90 Å². The average molecular weight is 361 g/mol. The first kappa shape index (κ1) is 17.9. The molecule has 0 aliphatic carbocycles. The first-order chi connectivity index (χ1) is 12.4. The first-order valence-corrected chi connectivity index (χ1v) is 10.1. The molecule has 1 aromatic carbocycles. The first-order valence-electron chi connectivity index (χ1n) is 10.1. The van der Waals surface area contributed by atoms with Crippen LogP contribution in [0.25, 0.3) is 0 Å². The Hall–Kier alpha value is -1.46. The van der Waals surface area contributed by atoms with Gasteiger partial charge in [-0.1, -0.05) is 19.1 Å². The molecular weight excluding hydrogens is 331 g/mol. The summed E-state index contributed by atoms with van der Waals surface area (Å²) < 4.78 is 13.2. The molecule has 2 bridgehead atoms. The Morgan fingerprint density at radius 1 is 1.23 bits per heavy atom. The molecular formula is C21H30FN2O2+. The molecule has 0 saturated carbocycles. The molecule has 3 aliphatic heterocycles. The van der Waals surface area contributed by atoms with Gasteiger partial charge in [-0.3, -0.25) is 4.79 Å². The van der Waals surface area contributed by atoms with Gasteiger partial charge >= 0.3 is 0 Å². The number of carbonyl (C=O) groups is 1. The second-order valence-electron chi connectivity index (χ2n) is 8.76. The summed E-state index contributed by atoms with van der Waals surface area (Å²) in [6.45, 7) is 4.56. The van der Waals surface area contributed by atoms with Crippen molar-refractivity contribution in [2.45, 2.75) is 63.1 Å². The van der Waals surface area contributed by atoms with Gasteiger partial charge in [-0.25, -0.2) is 4.39 Å². The normalized spacial score (nSPS) is 37.0. The molecule has 5 heteroatoms. The molecule has 3 saturated heterocycles. The molecule has 0 spiro atoms. The van der Waals surface area contributed by atoms with Crippen molar-refractivity contribution >= 4 is 5.91 Å². The maximum atomic E-state index is 13.2. The van der Waals surface area contributed by atoms with E-state index in [2.05, 4.69) is 6.92 Å². The second-order valence-corrected chi connectivity index (χ2v) is 8.76. The van der Waals surface area contributed by atoms with Crippen LogP contribution in [0.4, 0.5) is 4.39 Å². The van der Waals surface area contributed by atoms with Crippen LogP contribution in [-0.4, -0.2) is 47.6 Å². The molecule has 3 aliphatic rings. The van der Waals surface area contributed by atoms with E-state index in [1.807, 2.05) is 4.90 Å². The van der Waals surface area contributed by atoms with Crippen LogP contribution in [0.1, 0.15) is 51.0 Å². The zero-order valence-electron chi connectivity index (χ0n) is 15.6. The maximum absolute atomic E-state index is 13.2. The summed E-state index contributed by atoms with van der Waals surface area (Å²) in [5, 5.41) is 11.2. The summed E-state index contributed by atoms with van der Waals surface area (Å²) in [5.41, 5.74) is -0.0721. The van der Waals surface area contributed by atoms with Crippen LogP contribution in [-0.2, 0) is 10.4 Å². The van der Waals surface area contributed by atoms with E-state index in [1.54, 1.807) is 12.1 Å². The van der Waals surface area contributed by atoms with E-state index in [0.29, 0.717) is 37.4 Å². The highest BCUT2D eigenvalue weighted by Gasteiger charge is 2.52. The standard InChI is InChI=1S/C21H29FN2O2/c1-15-3-2-10-23(13-15)20(25)14-24-18-8-9-19(24)12-21(26,11-18)16-4-6-17(22)7-5-16/h4-7,15,18-19,26H,2-3,8-14H2,1H3/p+1/t15-,18-,19+,21?/m0/s1. The molecule has 2 N–H and O–H groups in total. The Morgan fingerprint density at radius 2 is 1.88 bits per heavy atom. The number of hydrogen-bond acceptors (Lipinski definition) is 2. The summed E-state index contributed by atoms with van der Waals surface area (Å²) in [5.74, 6) is 0.602. The number of aliphatic hydroxyl groups is 1. The third-order valence-electron chi connectivity index (χ3n) is 6.83. The number of fused-ring (bicyclic) bond motifs is 2. The highest BCUT2D eigenvalue weighted by molar-refractivity contribution is 5.77. The molecule has 26 heavy (non-hydrogen) atoms. The van der Waals surface area contributed by atoms with Crippen molar-refractivity contribution in [1.82, 2.24) is 4.90 Å². The molecule has 3 heterocycles. The lowest BCUT2D eigenvalue weighted by Gasteiger charge is -2.42. The van der Waals surface area contributed by atoms with Gasteiger partial charge in [0.05, 0.1) is 12.1 Å². The minimum Gasteiger partial charge on any atom is -0.385 e. The topological polar surface area (TPSA) is 45.0 Å². The van der Waals surface area contributed by atoms with Crippen LogP contribution in [0.3, 0.4) is 0 Å². The number of amides is 1. The third kappa shape index (κ3) is 3.39. The van der Waals surface area contributed by atoms with Crippen molar-refractivity contribution in [3.05, 3.63) is 35.6 Å². The Morgan fingerprint density at radius 3 is 2.50 bits per heavy atom. The van der Waals surface area contributed by atoms with E-state index < -0.39 is 5.60 Å². The Balaban J connectivity index is 1.43. The number of nitrogens with zero attached hydrogens (tertiary/aromatic N) is 1. The fourth-order valence-electron chi connectivity index (χ4n) is 5.46. The van der Waals surface area contributed by atoms with Gasteiger partial charge in [-0.2, -0.15) is 0 Å². The molecule has 0 aromatic heterocycles. The lowest BCUT2D eigenvalue weighted by Crippen LogP contribution is -3.19. The van der Waals surface area contributed by atoms with Crippen molar-refractivity contribution in [3.8, 4) is 0 Å². The largest absolute Gasteiger partial charge is 0.385 e. The van der Waals surface area contributed by atoms with Crippen molar-refractivity contribution in [2.75, 3.05) is 19.6 Å². The van der Waals surface area contributed by atoms with Gasteiger partial charge in [0.1, 0.15) is 11.4 Å². The highest BCUT2D eigenvalue weighted by atomic mass is 19.1. The number of quaternary nitrogens is 1. The van der Waals surface area contributed by atoms with E-state index in [9.17, 15) is 14.3 Å². The van der Waals surface area contributed by atoms with Gasteiger partial charge in [-0.05, 0) is 36.5 Å². The predicted octanol–water partition coefficient (Wildman–Crippen LogP) is 1.48. The van der Waals surface area contributed by atoms with E-state index in [0.717, 1.165) is 37.9 Å². The molecule has 1 amide bonds. The van der Waals surface area contributed by atoms with Gasteiger partial charge in [0.25, 0.3) is 5.91 Å². The molecule has 142 valence electrons. The fraction of sp³-hybridized carbons (Fsp3) is 0.667. The lowest BCUT2D eigenvalue weighted by atomic mass is 9.80.